The second kappa shape index (κ2) is 8.80. The summed E-state index contributed by atoms with van der Waals surface area (Å²) in [6.45, 7) is -0.587. The number of halogens is 6. The molecule has 0 radical (unpaired) electrons. The molecule has 3 aromatic carbocycles. The molecule has 4 rings (SSSR count). The predicted molar refractivity (Wildman–Crippen MR) is 117 cm³/mol. The fourth-order valence-electron chi connectivity index (χ4n) is 3.65. The zero-order valence-electron chi connectivity index (χ0n) is 18.0. The van der Waals surface area contributed by atoms with E-state index in [0.717, 1.165) is 9.79 Å². The first-order valence-electron chi connectivity index (χ1n) is 10.2. The molecule has 0 atom stereocenters. The zero-order chi connectivity index (χ0) is 25.6. The summed E-state index contributed by atoms with van der Waals surface area (Å²) in [6.07, 6.45) is -11.9. The highest BCUT2D eigenvalue weighted by Gasteiger charge is 2.71. The smallest absolute Gasteiger partial charge is 0.429 e. The van der Waals surface area contributed by atoms with E-state index in [2.05, 4.69) is 0 Å². The standard InChI is InChI=1S/C24H18F6NO3S/c1-15(32)31-18-6-2-4-8-20(18)35(21-9-5-3-7-19(21)31)17-12-10-16(11-13-17)34-14-22(33,23(25,26)27)24(28,29)30/h2-13,33H,14H2,1H3/q+1. The molecule has 1 amide bonds. The third kappa shape index (κ3) is 4.34. The predicted octanol–water partition coefficient (Wildman–Crippen LogP) is 6.01. The average molecular weight is 514 g/mol. The third-order valence-corrected chi connectivity index (χ3v) is 7.73. The monoisotopic (exact) mass is 514 g/mol. The van der Waals surface area contributed by atoms with Crippen molar-refractivity contribution in [3.8, 4) is 5.75 Å². The van der Waals surface area contributed by atoms with E-state index in [1.165, 1.54) is 31.2 Å². The van der Waals surface area contributed by atoms with E-state index in [1.54, 1.807) is 29.2 Å². The summed E-state index contributed by atoms with van der Waals surface area (Å²) in [6, 6.07) is 20.1. The molecular formula is C24H18F6NO3S+. The highest BCUT2D eigenvalue weighted by atomic mass is 32.2. The largest absolute Gasteiger partial charge is 0.490 e. The molecule has 0 bridgehead atoms. The number of fused-ring (bicyclic) bond motifs is 2. The van der Waals surface area contributed by atoms with Crippen molar-refractivity contribution < 1.29 is 41.0 Å². The first kappa shape index (κ1) is 24.9. The van der Waals surface area contributed by atoms with Crippen LogP contribution in [0, 0.1) is 0 Å². The lowest BCUT2D eigenvalue weighted by Crippen LogP contribution is -2.60. The molecule has 0 unspecified atom stereocenters. The highest BCUT2D eigenvalue weighted by molar-refractivity contribution is 7.97. The van der Waals surface area contributed by atoms with E-state index in [1.807, 2.05) is 24.3 Å². The topological polar surface area (TPSA) is 49.8 Å². The Labute approximate surface area is 199 Å². The molecule has 11 heteroatoms. The van der Waals surface area contributed by atoms with E-state index in [0.29, 0.717) is 16.3 Å². The van der Waals surface area contributed by atoms with Gasteiger partial charge in [0.05, 0.1) is 0 Å². The van der Waals surface area contributed by atoms with Crippen molar-refractivity contribution >= 4 is 28.2 Å². The summed E-state index contributed by atoms with van der Waals surface area (Å²) in [5.41, 5.74) is -3.64. The van der Waals surface area contributed by atoms with Gasteiger partial charge in [0, 0.05) is 6.92 Å². The van der Waals surface area contributed by atoms with Crippen LogP contribution in [0.15, 0.2) is 87.5 Å². The minimum atomic E-state index is -5.97. The molecule has 184 valence electrons. The summed E-state index contributed by atoms with van der Waals surface area (Å²) >= 11 is 0. The first-order chi connectivity index (χ1) is 16.3. The Morgan fingerprint density at radius 1 is 0.829 bits per heavy atom. The second-order valence-electron chi connectivity index (χ2n) is 7.71. The van der Waals surface area contributed by atoms with Gasteiger partial charge < -0.3 is 9.84 Å². The molecule has 0 aliphatic carbocycles. The van der Waals surface area contributed by atoms with Crippen molar-refractivity contribution in [2.24, 2.45) is 0 Å². The molecule has 1 heterocycles. The summed E-state index contributed by atoms with van der Waals surface area (Å²) in [5, 5.41) is 9.29. The summed E-state index contributed by atoms with van der Waals surface area (Å²) in [7, 11) is -0.711. The number of rotatable bonds is 4. The highest BCUT2D eigenvalue weighted by Crippen LogP contribution is 2.48. The molecule has 0 fully saturated rings. The Bertz CT molecular complexity index is 1180. The van der Waals surface area contributed by atoms with Crippen molar-refractivity contribution in [1.82, 2.24) is 0 Å². The quantitative estimate of drug-likeness (QED) is 0.343. The maximum absolute atomic E-state index is 12.9. The molecule has 4 nitrogen and oxygen atoms in total. The van der Waals surface area contributed by atoms with Crippen molar-refractivity contribution in [2.75, 3.05) is 11.5 Å². The Balaban J connectivity index is 1.68. The molecule has 0 saturated heterocycles. The number of aliphatic hydroxyl groups is 1. The Kier molecular flexibility index (Phi) is 6.26. The molecule has 1 aliphatic heterocycles. The summed E-state index contributed by atoms with van der Waals surface area (Å²) < 4.78 is 82.1. The van der Waals surface area contributed by atoms with Gasteiger partial charge in [-0.25, -0.2) is 0 Å². The van der Waals surface area contributed by atoms with Crippen LogP contribution in [-0.4, -0.2) is 35.6 Å². The molecule has 0 aromatic heterocycles. The van der Waals surface area contributed by atoms with Crippen molar-refractivity contribution in [2.45, 2.75) is 39.6 Å². The van der Waals surface area contributed by atoms with Gasteiger partial charge in [-0.05, 0) is 48.5 Å². The van der Waals surface area contributed by atoms with Crippen molar-refractivity contribution in [3.05, 3.63) is 72.8 Å². The van der Waals surface area contributed by atoms with Crippen LogP contribution in [0.1, 0.15) is 6.92 Å². The number of nitrogens with zero attached hydrogens (tertiary/aromatic N) is 1. The van der Waals surface area contributed by atoms with Crippen LogP contribution in [0.2, 0.25) is 0 Å². The fourth-order valence-corrected chi connectivity index (χ4v) is 5.97. The number of amides is 1. The van der Waals surface area contributed by atoms with Gasteiger partial charge in [0.25, 0.3) is 5.60 Å². The fraction of sp³-hybridized carbons (Fsp3) is 0.208. The normalized spacial score (nSPS) is 14.3. The summed E-state index contributed by atoms with van der Waals surface area (Å²) in [5.74, 6) is -0.452. The van der Waals surface area contributed by atoms with Gasteiger partial charge >= 0.3 is 12.4 Å². The minimum Gasteiger partial charge on any atom is -0.490 e. The zero-order valence-corrected chi connectivity index (χ0v) is 18.8. The number of ether oxygens (including phenoxy) is 1. The van der Waals surface area contributed by atoms with E-state index < -0.39 is 35.5 Å². The maximum atomic E-state index is 12.9. The van der Waals surface area contributed by atoms with Gasteiger partial charge in [-0.2, -0.15) is 26.3 Å². The molecule has 3 aromatic rings. The number of carbonyl (C=O) groups is 1. The lowest BCUT2D eigenvalue weighted by atomic mass is 10.0. The van der Waals surface area contributed by atoms with Crippen LogP contribution >= 0.6 is 0 Å². The van der Waals surface area contributed by atoms with Crippen LogP contribution < -0.4 is 9.64 Å². The van der Waals surface area contributed by atoms with Crippen molar-refractivity contribution in [1.29, 1.82) is 0 Å². The van der Waals surface area contributed by atoms with Gasteiger partial charge in [0.2, 0.25) is 5.91 Å². The lowest BCUT2D eigenvalue weighted by molar-refractivity contribution is -0.373. The third-order valence-electron chi connectivity index (χ3n) is 5.41. The van der Waals surface area contributed by atoms with Crippen LogP contribution in [0.4, 0.5) is 37.7 Å². The van der Waals surface area contributed by atoms with Crippen LogP contribution in [-0.2, 0) is 15.7 Å². The van der Waals surface area contributed by atoms with Gasteiger partial charge in [-0.3, -0.25) is 9.69 Å². The van der Waals surface area contributed by atoms with Crippen molar-refractivity contribution in [3.63, 3.8) is 0 Å². The Hall–Kier alpha value is -3.18. The van der Waals surface area contributed by atoms with Gasteiger partial charge in [-0.15, -0.1) is 0 Å². The number of benzene rings is 3. The number of alkyl halides is 6. The van der Waals surface area contributed by atoms with Crippen LogP contribution in [0.25, 0.3) is 0 Å². The SMILES string of the molecule is CC(=O)N1c2ccccc2[S+](c2ccc(OCC(O)(C(F)(F)F)C(F)(F)F)cc2)c2ccccc21. The summed E-state index contributed by atoms with van der Waals surface area (Å²) in [4.78, 5) is 16.4. The molecule has 1 N–H and O–H groups in total. The van der Waals surface area contributed by atoms with Gasteiger partial charge in [0.15, 0.2) is 14.7 Å². The minimum absolute atomic E-state index is 0.182. The molecule has 35 heavy (non-hydrogen) atoms. The number of hydrogen-bond donors (Lipinski definition) is 1. The van der Waals surface area contributed by atoms with E-state index >= 15 is 0 Å². The molecular weight excluding hydrogens is 496 g/mol. The molecule has 0 spiro atoms. The average Bonchev–Trinajstić information content (AvgIpc) is 2.79. The van der Waals surface area contributed by atoms with E-state index in [9.17, 15) is 36.2 Å². The van der Waals surface area contributed by atoms with Crippen LogP contribution in [0.5, 0.6) is 5.75 Å². The first-order valence-corrected chi connectivity index (χ1v) is 11.4. The van der Waals surface area contributed by atoms with Gasteiger partial charge in [0.1, 0.15) is 34.6 Å². The number of hydrogen-bond acceptors (Lipinski definition) is 3. The number of anilines is 2. The Morgan fingerprint density at radius 3 is 1.71 bits per heavy atom. The van der Waals surface area contributed by atoms with Gasteiger partial charge in [-0.1, -0.05) is 24.3 Å². The lowest BCUT2D eigenvalue weighted by Gasteiger charge is -2.31. The maximum Gasteiger partial charge on any atom is 0.429 e. The number of para-hydroxylation sites is 2. The molecule has 0 saturated carbocycles. The Morgan fingerprint density at radius 2 is 1.29 bits per heavy atom. The molecule has 1 aliphatic rings. The van der Waals surface area contributed by atoms with Crippen LogP contribution in [0.3, 0.4) is 0 Å². The van der Waals surface area contributed by atoms with E-state index in [-0.39, 0.29) is 11.7 Å². The number of carbonyl (C=O) groups excluding carboxylic acids is 1. The van der Waals surface area contributed by atoms with E-state index in [4.69, 9.17) is 4.74 Å². The second-order valence-corrected chi connectivity index (χ2v) is 9.68.